The summed E-state index contributed by atoms with van der Waals surface area (Å²) in [4.78, 5) is 12.5. The first-order valence-corrected chi connectivity index (χ1v) is 13.7. The van der Waals surface area contributed by atoms with Crippen LogP contribution in [0.2, 0.25) is 10.0 Å². The maximum absolute atomic E-state index is 12.5. The van der Waals surface area contributed by atoms with Crippen molar-refractivity contribution in [3.8, 4) is 11.5 Å². The second kappa shape index (κ2) is 12.7. The molecule has 2 N–H and O–H groups in total. The fraction of sp³-hybridized carbons (Fsp3) is 0.0714. The van der Waals surface area contributed by atoms with Crippen LogP contribution >= 0.6 is 23.2 Å². The Kier molecular flexibility index (Phi) is 9.08. The second-order valence-electron chi connectivity index (χ2n) is 8.16. The molecule has 0 spiro atoms. The van der Waals surface area contributed by atoms with Crippen LogP contribution < -0.4 is 19.6 Å². The molecule has 4 aromatic rings. The number of halogens is 2. The molecule has 0 radical (unpaired) electrons. The lowest BCUT2D eigenvalue weighted by atomic mass is 10.2. The molecule has 4 rings (SSSR count). The number of nitrogens with zero attached hydrogens (tertiary/aromatic N) is 1. The fourth-order valence-electron chi connectivity index (χ4n) is 3.37. The molecular formula is C28H23Cl2N3O5S. The van der Waals surface area contributed by atoms with Crippen molar-refractivity contribution in [3.05, 3.63) is 118 Å². The van der Waals surface area contributed by atoms with Gasteiger partial charge in [0.05, 0.1) is 18.2 Å². The summed E-state index contributed by atoms with van der Waals surface area (Å²) in [5.74, 6) is 0.601. The number of hydrogen-bond acceptors (Lipinski definition) is 6. The maximum atomic E-state index is 12.5. The van der Waals surface area contributed by atoms with Crippen LogP contribution in [0.15, 0.2) is 101 Å². The van der Waals surface area contributed by atoms with E-state index in [2.05, 4.69) is 15.2 Å². The molecule has 39 heavy (non-hydrogen) atoms. The summed E-state index contributed by atoms with van der Waals surface area (Å²) >= 11 is 11.7. The molecule has 0 heterocycles. The molecule has 0 aliphatic rings. The van der Waals surface area contributed by atoms with Gasteiger partial charge in [0.2, 0.25) is 0 Å². The Hall–Kier alpha value is -4.05. The molecule has 8 nitrogen and oxygen atoms in total. The van der Waals surface area contributed by atoms with Gasteiger partial charge in [0.25, 0.3) is 15.9 Å². The minimum absolute atomic E-state index is 0.0702. The van der Waals surface area contributed by atoms with Gasteiger partial charge in [-0.25, -0.2) is 13.8 Å². The van der Waals surface area contributed by atoms with Gasteiger partial charge >= 0.3 is 0 Å². The molecular weight excluding hydrogens is 561 g/mol. The predicted molar refractivity (Wildman–Crippen MR) is 153 cm³/mol. The minimum atomic E-state index is -3.79. The third kappa shape index (κ3) is 7.73. The van der Waals surface area contributed by atoms with Crippen LogP contribution in [0.5, 0.6) is 11.5 Å². The Bertz CT molecular complexity index is 1580. The molecule has 0 saturated carbocycles. The first-order valence-electron chi connectivity index (χ1n) is 11.5. The average molecular weight is 584 g/mol. The normalized spacial score (nSPS) is 11.3. The number of hydrogen-bond donors (Lipinski definition) is 2. The number of hydrazone groups is 1. The summed E-state index contributed by atoms with van der Waals surface area (Å²) in [5.41, 5.74) is 4.68. The van der Waals surface area contributed by atoms with Gasteiger partial charge in [-0.3, -0.25) is 9.52 Å². The highest BCUT2D eigenvalue weighted by atomic mass is 35.5. The van der Waals surface area contributed by atoms with Crippen LogP contribution in [-0.4, -0.2) is 27.6 Å². The average Bonchev–Trinajstić information content (AvgIpc) is 2.93. The van der Waals surface area contributed by atoms with Crippen LogP contribution in [0.3, 0.4) is 0 Å². The van der Waals surface area contributed by atoms with Gasteiger partial charge in [0.15, 0.2) is 11.5 Å². The van der Waals surface area contributed by atoms with E-state index in [1.54, 1.807) is 30.3 Å². The topological polar surface area (TPSA) is 106 Å². The molecule has 1 amide bonds. The van der Waals surface area contributed by atoms with Crippen molar-refractivity contribution in [3.63, 3.8) is 0 Å². The number of amides is 1. The number of methoxy groups -OCH3 is 1. The zero-order chi connectivity index (χ0) is 27.8. The van der Waals surface area contributed by atoms with E-state index in [1.807, 2.05) is 12.1 Å². The van der Waals surface area contributed by atoms with E-state index in [0.29, 0.717) is 45.0 Å². The molecule has 0 unspecified atom stereocenters. The lowest BCUT2D eigenvalue weighted by Gasteiger charge is -2.11. The van der Waals surface area contributed by atoms with Crippen LogP contribution in [0.1, 0.15) is 21.5 Å². The number of anilines is 1. The third-order valence-corrected chi connectivity index (χ3v) is 7.30. The smallest absolute Gasteiger partial charge is 0.271 e. The number of nitrogens with one attached hydrogen (secondary N) is 2. The van der Waals surface area contributed by atoms with Gasteiger partial charge in [-0.2, -0.15) is 5.10 Å². The quantitative estimate of drug-likeness (QED) is 0.172. The van der Waals surface area contributed by atoms with E-state index in [1.165, 1.54) is 61.9 Å². The van der Waals surface area contributed by atoms with E-state index in [-0.39, 0.29) is 4.90 Å². The lowest BCUT2D eigenvalue weighted by Crippen LogP contribution is -2.18. The number of sulfonamides is 1. The first-order chi connectivity index (χ1) is 18.7. The molecule has 0 aliphatic carbocycles. The molecule has 0 bridgehead atoms. The molecule has 0 aromatic heterocycles. The van der Waals surface area contributed by atoms with Crippen molar-refractivity contribution in [1.82, 2.24) is 5.43 Å². The van der Waals surface area contributed by atoms with Gasteiger partial charge in [-0.15, -0.1) is 0 Å². The first kappa shape index (κ1) is 28.0. The van der Waals surface area contributed by atoms with E-state index in [9.17, 15) is 13.2 Å². The Labute approximate surface area is 236 Å². The summed E-state index contributed by atoms with van der Waals surface area (Å²) in [6.07, 6.45) is 1.47. The van der Waals surface area contributed by atoms with Crippen LogP contribution in [-0.2, 0) is 16.6 Å². The summed E-state index contributed by atoms with van der Waals surface area (Å²) < 4.78 is 38.8. The van der Waals surface area contributed by atoms with Crippen molar-refractivity contribution < 1.29 is 22.7 Å². The molecule has 0 saturated heterocycles. The van der Waals surface area contributed by atoms with Crippen LogP contribution in [0.4, 0.5) is 5.69 Å². The SMILES string of the molecule is COc1cc(/C=N\NC(=O)c2ccc(NS(=O)(=O)c3ccc(Cl)cc3)cc2)ccc1OCc1ccc(Cl)cc1. The molecule has 200 valence electrons. The molecule has 0 atom stereocenters. The minimum Gasteiger partial charge on any atom is -0.493 e. The van der Waals surface area contributed by atoms with Crippen LogP contribution in [0.25, 0.3) is 0 Å². The van der Waals surface area contributed by atoms with E-state index in [4.69, 9.17) is 32.7 Å². The molecule has 4 aromatic carbocycles. The zero-order valence-corrected chi connectivity index (χ0v) is 22.9. The molecule has 0 fully saturated rings. The number of ether oxygens (including phenoxy) is 2. The highest BCUT2D eigenvalue weighted by molar-refractivity contribution is 7.92. The van der Waals surface area contributed by atoms with Crippen LogP contribution in [0, 0.1) is 0 Å². The summed E-state index contributed by atoms with van der Waals surface area (Å²) in [6.45, 7) is 0.346. The fourth-order valence-corrected chi connectivity index (χ4v) is 4.68. The van der Waals surface area contributed by atoms with Crippen molar-refractivity contribution in [2.24, 2.45) is 5.10 Å². The molecule has 11 heteroatoms. The predicted octanol–water partition coefficient (Wildman–Crippen LogP) is 6.15. The summed E-state index contributed by atoms with van der Waals surface area (Å²) in [5, 5.41) is 5.08. The summed E-state index contributed by atoms with van der Waals surface area (Å²) in [7, 11) is -2.26. The third-order valence-electron chi connectivity index (χ3n) is 5.40. The Morgan fingerprint density at radius 3 is 2.15 bits per heavy atom. The van der Waals surface area contributed by atoms with E-state index >= 15 is 0 Å². The number of benzene rings is 4. The lowest BCUT2D eigenvalue weighted by molar-refractivity contribution is 0.0955. The van der Waals surface area contributed by atoms with Gasteiger partial charge in [-0.1, -0.05) is 35.3 Å². The standard InChI is InChI=1S/C28H23Cl2N3O5S/c1-37-27-16-20(4-15-26(27)38-18-19-2-7-22(29)8-3-19)17-31-32-28(34)21-5-11-24(12-6-21)33-39(35,36)25-13-9-23(30)10-14-25/h2-17,33H,18H2,1H3,(H,32,34)/b31-17-. The van der Waals surface area contributed by atoms with E-state index < -0.39 is 15.9 Å². The highest BCUT2D eigenvalue weighted by Gasteiger charge is 2.14. The Morgan fingerprint density at radius 2 is 1.51 bits per heavy atom. The molecule has 0 aliphatic heterocycles. The highest BCUT2D eigenvalue weighted by Crippen LogP contribution is 2.28. The van der Waals surface area contributed by atoms with E-state index in [0.717, 1.165) is 5.56 Å². The van der Waals surface area contributed by atoms with Gasteiger partial charge in [-0.05, 0) is 90.0 Å². The van der Waals surface area contributed by atoms with Gasteiger partial charge < -0.3 is 9.47 Å². The Morgan fingerprint density at radius 1 is 0.872 bits per heavy atom. The van der Waals surface area contributed by atoms with Crippen molar-refractivity contribution in [2.45, 2.75) is 11.5 Å². The Balaban J connectivity index is 1.33. The number of carbonyl (C=O) groups excluding carboxylic acids is 1. The van der Waals surface area contributed by atoms with Crippen molar-refractivity contribution in [2.75, 3.05) is 11.8 Å². The van der Waals surface area contributed by atoms with Gasteiger partial charge in [0, 0.05) is 21.3 Å². The number of carbonyl (C=O) groups is 1. The number of rotatable bonds is 10. The zero-order valence-electron chi connectivity index (χ0n) is 20.6. The maximum Gasteiger partial charge on any atom is 0.271 e. The van der Waals surface area contributed by atoms with Crippen molar-refractivity contribution in [1.29, 1.82) is 0 Å². The van der Waals surface area contributed by atoms with Crippen molar-refractivity contribution >= 4 is 51.0 Å². The summed E-state index contributed by atoms with van der Waals surface area (Å²) in [6, 6.07) is 24.3. The monoisotopic (exact) mass is 583 g/mol. The van der Waals surface area contributed by atoms with Gasteiger partial charge in [0.1, 0.15) is 6.61 Å². The largest absolute Gasteiger partial charge is 0.493 e. The second-order valence-corrected chi connectivity index (χ2v) is 10.7.